The molecule has 1 atom stereocenters. The molecule has 2 aromatic carbocycles. The molecule has 0 saturated carbocycles. The topological polar surface area (TPSA) is 17.0 Å². The molecule has 21 heavy (non-hydrogen) atoms. The zero-order chi connectivity index (χ0) is 14.2. The molecular formula is C18H18N2S. The van der Waals surface area contributed by atoms with Crippen LogP contribution in [0.4, 0.5) is 0 Å². The average Bonchev–Trinajstić information content (AvgIpc) is 2.77. The molecule has 0 fully saturated rings. The maximum absolute atomic E-state index is 3.59. The van der Waals surface area contributed by atoms with Gasteiger partial charge in [0.05, 0.1) is 5.52 Å². The summed E-state index contributed by atoms with van der Waals surface area (Å²) in [6.45, 7) is 3.30. The Balaban J connectivity index is 1.86. The van der Waals surface area contributed by atoms with Gasteiger partial charge in [-0.15, -0.1) is 0 Å². The van der Waals surface area contributed by atoms with Crippen LogP contribution in [-0.4, -0.2) is 10.5 Å². The van der Waals surface area contributed by atoms with Gasteiger partial charge in [0.15, 0.2) is 0 Å². The van der Waals surface area contributed by atoms with Crippen LogP contribution in [0.2, 0.25) is 0 Å². The Labute approximate surface area is 129 Å². The number of aromatic nitrogens is 1. The van der Waals surface area contributed by atoms with Crippen LogP contribution in [0, 0.1) is 0 Å². The second-order valence-electron chi connectivity index (χ2n) is 5.55. The van der Waals surface area contributed by atoms with E-state index in [0.717, 1.165) is 13.0 Å². The van der Waals surface area contributed by atoms with E-state index in [9.17, 15) is 0 Å². The summed E-state index contributed by atoms with van der Waals surface area (Å²) in [5.74, 6) is 0. The normalized spacial score (nSPS) is 17.9. The Morgan fingerprint density at radius 1 is 1.10 bits per heavy atom. The van der Waals surface area contributed by atoms with Crippen molar-refractivity contribution in [2.75, 3.05) is 6.54 Å². The molecule has 0 bridgehead atoms. The molecular weight excluding hydrogens is 276 g/mol. The first-order valence-corrected chi connectivity index (χ1v) is 8.20. The lowest BCUT2D eigenvalue weighted by Crippen LogP contribution is -2.19. The monoisotopic (exact) mass is 294 g/mol. The van der Waals surface area contributed by atoms with Gasteiger partial charge in [0.2, 0.25) is 0 Å². The van der Waals surface area contributed by atoms with Crippen molar-refractivity contribution in [2.24, 2.45) is 0 Å². The SMILES string of the molecule is CC1NCCc2cn(Sc3ccccc3)c3cccc1c23. The molecule has 2 heterocycles. The van der Waals surface area contributed by atoms with Crippen molar-refractivity contribution in [3.05, 3.63) is 65.9 Å². The number of hydrogen-bond acceptors (Lipinski definition) is 2. The number of nitrogens with one attached hydrogen (secondary N) is 1. The van der Waals surface area contributed by atoms with Crippen LogP contribution in [0.5, 0.6) is 0 Å². The molecule has 3 aromatic rings. The minimum absolute atomic E-state index is 0.424. The molecule has 1 aromatic heterocycles. The van der Waals surface area contributed by atoms with E-state index in [4.69, 9.17) is 0 Å². The second kappa shape index (κ2) is 5.24. The Bertz CT molecular complexity index is 777. The van der Waals surface area contributed by atoms with Gasteiger partial charge >= 0.3 is 0 Å². The molecule has 0 spiro atoms. The molecule has 1 unspecified atom stereocenters. The van der Waals surface area contributed by atoms with E-state index in [0.29, 0.717) is 6.04 Å². The van der Waals surface area contributed by atoms with Gasteiger partial charge in [-0.05, 0) is 61.2 Å². The maximum atomic E-state index is 3.59. The Kier molecular flexibility index (Phi) is 3.24. The van der Waals surface area contributed by atoms with Gasteiger partial charge in [0.1, 0.15) is 0 Å². The van der Waals surface area contributed by atoms with E-state index in [1.165, 1.54) is 26.9 Å². The summed E-state index contributed by atoms with van der Waals surface area (Å²) >= 11 is 1.79. The van der Waals surface area contributed by atoms with Gasteiger partial charge in [-0.1, -0.05) is 30.3 Å². The standard InChI is InChI=1S/C18H18N2S/c1-13-16-8-5-9-17-18(16)14(10-11-19-13)12-20(17)21-15-6-3-2-4-7-15/h2-9,12-13,19H,10-11H2,1H3. The zero-order valence-corrected chi connectivity index (χ0v) is 12.9. The van der Waals surface area contributed by atoms with Crippen molar-refractivity contribution >= 4 is 22.9 Å². The van der Waals surface area contributed by atoms with E-state index in [2.05, 4.69) is 70.9 Å². The Morgan fingerprint density at radius 3 is 2.81 bits per heavy atom. The van der Waals surface area contributed by atoms with Gasteiger partial charge in [0, 0.05) is 22.5 Å². The lowest BCUT2D eigenvalue weighted by molar-refractivity contribution is 0.589. The van der Waals surface area contributed by atoms with Gasteiger partial charge in [-0.3, -0.25) is 3.97 Å². The fourth-order valence-corrected chi connectivity index (χ4v) is 4.06. The second-order valence-corrected chi connectivity index (χ2v) is 6.60. The van der Waals surface area contributed by atoms with Gasteiger partial charge in [-0.2, -0.15) is 0 Å². The smallest absolute Gasteiger partial charge is 0.0600 e. The van der Waals surface area contributed by atoms with Crippen molar-refractivity contribution in [2.45, 2.75) is 24.3 Å². The summed E-state index contributed by atoms with van der Waals surface area (Å²) in [4.78, 5) is 1.27. The van der Waals surface area contributed by atoms with E-state index in [1.807, 2.05) is 0 Å². The molecule has 2 nitrogen and oxygen atoms in total. The van der Waals surface area contributed by atoms with E-state index in [-0.39, 0.29) is 0 Å². The minimum Gasteiger partial charge on any atom is -0.310 e. The molecule has 0 saturated heterocycles. The molecule has 4 rings (SSSR count). The molecule has 1 aliphatic heterocycles. The van der Waals surface area contributed by atoms with Crippen molar-refractivity contribution in [1.29, 1.82) is 0 Å². The van der Waals surface area contributed by atoms with Crippen LogP contribution in [0.15, 0.2) is 59.6 Å². The summed E-state index contributed by atoms with van der Waals surface area (Å²) in [6, 6.07) is 17.7. The van der Waals surface area contributed by atoms with Gasteiger partial charge in [0.25, 0.3) is 0 Å². The van der Waals surface area contributed by atoms with Crippen molar-refractivity contribution < 1.29 is 0 Å². The summed E-state index contributed by atoms with van der Waals surface area (Å²) in [7, 11) is 0. The third kappa shape index (κ3) is 2.27. The first kappa shape index (κ1) is 13.0. The third-order valence-corrected chi connectivity index (χ3v) is 5.15. The fourth-order valence-electron chi connectivity index (χ4n) is 3.12. The third-order valence-electron chi connectivity index (χ3n) is 4.16. The Morgan fingerprint density at radius 2 is 1.95 bits per heavy atom. The first-order chi connectivity index (χ1) is 10.3. The van der Waals surface area contributed by atoms with E-state index >= 15 is 0 Å². The molecule has 0 radical (unpaired) electrons. The first-order valence-electron chi connectivity index (χ1n) is 7.42. The highest BCUT2D eigenvalue weighted by Gasteiger charge is 2.19. The molecule has 1 aliphatic rings. The highest BCUT2D eigenvalue weighted by molar-refractivity contribution is 7.98. The minimum atomic E-state index is 0.424. The number of benzene rings is 2. The summed E-state index contributed by atoms with van der Waals surface area (Å²) in [5, 5.41) is 5.03. The van der Waals surface area contributed by atoms with E-state index in [1.54, 1.807) is 11.9 Å². The van der Waals surface area contributed by atoms with Crippen LogP contribution >= 0.6 is 11.9 Å². The van der Waals surface area contributed by atoms with E-state index < -0.39 is 0 Å². The lowest BCUT2D eigenvalue weighted by Gasteiger charge is -2.13. The maximum Gasteiger partial charge on any atom is 0.0600 e. The van der Waals surface area contributed by atoms with Crippen LogP contribution in [0.3, 0.4) is 0 Å². The average molecular weight is 294 g/mol. The predicted octanol–water partition coefficient (Wildman–Crippen LogP) is 4.40. The van der Waals surface area contributed by atoms with Crippen molar-refractivity contribution in [1.82, 2.24) is 9.29 Å². The number of rotatable bonds is 2. The fraction of sp³-hybridized carbons (Fsp3) is 0.222. The zero-order valence-electron chi connectivity index (χ0n) is 12.0. The molecule has 0 aliphatic carbocycles. The van der Waals surface area contributed by atoms with Crippen LogP contribution < -0.4 is 5.32 Å². The number of hydrogen-bond donors (Lipinski definition) is 1. The summed E-state index contributed by atoms with van der Waals surface area (Å²) in [5.41, 5.74) is 4.21. The molecule has 1 N–H and O–H groups in total. The highest BCUT2D eigenvalue weighted by atomic mass is 32.2. The van der Waals surface area contributed by atoms with Crippen LogP contribution in [0.25, 0.3) is 10.9 Å². The summed E-state index contributed by atoms with van der Waals surface area (Å²) in [6.07, 6.45) is 3.41. The molecule has 3 heteroatoms. The van der Waals surface area contributed by atoms with Crippen molar-refractivity contribution in [3.63, 3.8) is 0 Å². The molecule has 0 amide bonds. The lowest BCUT2D eigenvalue weighted by atomic mass is 10.0. The molecule has 106 valence electrons. The number of nitrogens with zero attached hydrogens (tertiary/aromatic N) is 1. The summed E-state index contributed by atoms with van der Waals surface area (Å²) < 4.78 is 2.32. The van der Waals surface area contributed by atoms with Crippen LogP contribution in [-0.2, 0) is 6.42 Å². The van der Waals surface area contributed by atoms with Gasteiger partial charge in [-0.25, -0.2) is 0 Å². The quantitative estimate of drug-likeness (QED) is 0.754. The Hall–Kier alpha value is -1.71. The predicted molar refractivity (Wildman–Crippen MR) is 89.8 cm³/mol. The van der Waals surface area contributed by atoms with Crippen molar-refractivity contribution in [3.8, 4) is 0 Å². The highest BCUT2D eigenvalue weighted by Crippen LogP contribution is 2.35. The van der Waals surface area contributed by atoms with Gasteiger partial charge < -0.3 is 5.32 Å². The largest absolute Gasteiger partial charge is 0.310 e. The van der Waals surface area contributed by atoms with Crippen LogP contribution in [0.1, 0.15) is 24.1 Å².